The van der Waals surface area contributed by atoms with E-state index in [1.165, 1.54) is 19.4 Å². The van der Waals surface area contributed by atoms with Crippen LogP contribution in [0.4, 0.5) is 4.39 Å². The Morgan fingerprint density at radius 3 is 2.35 bits per heavy atom. The van der Waals surface area contributed by atoms with E-state index in [4.69, 9.17) is 27.9 Å². The Bertz CT molecular complexity index is 540. The van der Waals surface area contributed by atoms with Gasteiger partial charge in [0.15, 0.2) is 0 Å². The highest BCUT2D eigenvalue weighted by Crippen LogP contribution is 2.33. The molecule has 0 fully saturated rings. The van der Waals surface area contributed by atoms with E-state index in [0.29, 0.717) is 26.9 Å². The number of rotatable bonds is 2. The van der Waals surface area contributed by atoms with Gasteiger partial charge in [0.25, 0.3) is 0 Å². The molecule has 0 unspecified atom stereocenters. The fourth-order valence-corrected chi connectivity index (χ4v) is 2.04. The number of benzene rings is 1. The first-order chi connectivity index (χ1) is 8.10. The van der Waals surface area contributed by atoms with Crippen molar-refractivity contribution in [2.75, 3.05) is 7.11 Å². The molecular weight excluding hydrogens is 264 g/mol. The maximum atomic E-state index is 13.1. The molecule has 0 spiro atoms. The molecule has 0 N–H and O–H groups in total. The molecule has 17 heavy (non-hydrogen) atoms. The zero-order valence-corrected chi connectivity index (χ0v) is 10.4. The number of methoxy groups -OCH3 is 1. The Labute approximate surface area is 108 Å². The predicted octanol–water partition coefficient (Wildman–Crippen LogP) is 4.20. The number of aromatic nitrogens is 1. The summed E-state index contributed by atoms with van der Waals surface area (Å²) in [4.78, 5) is 3.52. The van der Waals surface area contributed by atoms with Crippen molar-refractivity contribution in [3.8, 4) is 16.9 Å². The molecular formula is C12H8Cl2FNO. The zero-order chi connectivity index (χ0) is 12.4. The Hall–Kier alpha value is -1.32. The van der Waals surface area contributed by atoms with Gasteiger partial charge in [0.1, 0.15) is 5.75 Å². The molecule has 0 aliphatic heterocycles. The van der Waals surface area contributed by atoms with E-state index >= 15 is 0 Å². The maximum Gasteiger partial charge on any atom is 0.213 e. The highest BCUT2D eigenvalue weighted by atomic mass is 35.5. The van der Waals surface area contributed by atoms with Crippen LogP contribution >= 0.6 is 23.2 Å². The predicted molar refractivity (Wildman–Crippen MR) is 66.2 cm³/mol. The van der Waals surface area contributed by atoms with Crippen LogP contribution in [0.25, 0.3) is 11.1 Å². The van der Waals surface area contributed by atoms with Gasteiger partial charge in [-0.15, -0.1) is 0 Å². The second-order valence-corrected chi connectivity index (χ2v) is 4.24. The van der Waals surface area contributed by atoms with E-state index in [9.17, 15) is 4.39 Å². The van der Waals surface area contributed by atoms with Crippen molar-refractivity contribution in [3.05, 3.63) is 46.5 Å². The van der Waals surface area contributed by atoms with Gasteiger partial charge in [-0.3, -0.25) is 0 Å². The summed E-state index contributed by atoms with van der Waals surface area (Å²) in [5, 5.41) is 0.957. The summed E-state index contributed by atoms with van der Waals surface area (Å²) in [6.07, 6.45) is 1.32. The number of nitrogens with zero attached hydrogens (tertiary/aromatic N) is 1. The number of hydrogen-bond acceptors (Lipinski definition) is 2. The number of hydrogen-bond donors (Lipinski definition) is 0. The van der Waals surface area contributed by atoms with Gasteiger partial charge < -0.3 is 4.74 Å². The highest BCUT2D eigenvalue weighted by Gasteiger charge is 2.09. The Kier molecular flexibility index (Phi) is 3.50. The largest absolute Gasteiger partial charge is 0.494 e. The average molecular weight is 272 g/mol. The van der Waals surface area contributed by atoms with Crippen LogP contribution in [0, 0.1) is 5.95 Å². The molecule has 2 aromatic rings. The van der Waals surface area contributed by atoms with Gasteiger partial charge in [0.05, 0.1) is 13.3 Å². The molecule has 0 aliphatic carbocycles. The summed E-state index contributed by atoms with van der Waals surface area (Å²) in [5.41, 5.74) is 1.24. The summed E-state index contributed by atoms with van der Waals surface area (Å²) in [6.45, 7) is 0. The summed E-state index contributed by atoms with van der Waals surface area (Å²) in [7, 11) is 1.49. The first kappa shape index (κ1) is 12.1. The lowest BCUT2D eigenvalue weighted by molar-refractivity contribution is 0.412. The molecule has 0 bridgehead atoms. The molecule has 88 valence electrons. The lowest BCUT2D eigenvalue weighted by Crippen LogP contribution is -1.92. The van der Waals surface area contributed by atoms with Crippen molar-refractivity contribution < 1.29 is 9.13 Å². The fourth-order valence-electron chi connectivity index (χ4n) is 1.51. The van der Waals surface area contributed by atoms with Gasteiger partial charge in [0.2, 0.25) is 5.95 Å². The molecule has 0 saturated carbocycles. The minimum atomic E-state index is -0.586. The number of halogens is 3. The summed E-state index contributed by atoms with van der Waals surface area (Å²) >= 11 is 11.8. The molecule has 1 aromatic carbocycles. The quantitative estimate of drug-likeness (QED) is 0.764. The van der Waals surface area contributed by atoms with Crippen molar-refractivity contribution in [2.45, 2.75) is 0 Å². The van der Waals surface area contributed by atoms with Crippen LogP contribution in [-0.4, -0.2) is 12.1 Å². The molecule has 0 atom stereocenters. The van der Waals surface area contributed by atoms with Gasteiger partial charge in [-0.25, -0.2) is 4.98 Å². The molecule has 1 heterocycles. The molecule has 2 rings (SSSR count). The first-order valence-corrected chi connectivity index (χ1v) is 5.52. The van der Waals surface area contributed by atoms with Gasteiger partial charge in [-0.1, -0.05) is 23.2 Å². The Morgan fingerprint density at radius 1 is 1.12 bits per heavy atom. The van der Waals surface area contributed by atoms with E-state index < -0.39 is 5.95 Å². The lowest BCUT2D eigenvalue weighted by Gasteiger charge is -2.08. The van der Waals surface area contributed by atoms with E-state index in [2.05, 4.69) is 4.98 Å². The third-order valence-electron chi connectivity index (χ3n) is 2.23. The number of ether oxygens (including phenoxy) is 1. The van der Waals surface area contributed by atoms with E-state index in [-0.39, 0.29) is 0 Å². The third-order valence-corrected chi connectivity index (χ3v) is 2.66. The topological polar surface area (TPSA) is 22.1 Å². The van der Waals surface area contributed by atoms with Gasteiger partial charge in [-0.05, 0) is 23.8 Å². The van der Waals surface area contributed by atoms with Crippen LogP contribution in [0.5, 0.6) is 5.75 Å². The van der Waals surface area contributed by atoms with Crippen LogP contribution in [0.15, 0.2) is 30.5 Å². The SMILES string of the molecule is COc1cnc(F)cc1-c1cc(Cl)cc(Cl)c1. The molecule has 0 amide bonds. The second kappa shape index (κ2) is 4.90. The lowest BCUT2D eigenvalue weighted by atomic mass is 10.1. The summed E-state index contributed by atoms with van der Waals surface area (Å²) < 4.78 is 18.3. The van der Waals surface area contributed by atoms with Crippen LogP contribution < -0.4 is 4.74 Å². The monoisotopic (exact) mass is 271 g/mol. The standard InChI is InChI=1S/C12H8Cl2FNO/c1-17-11-6-16-12(15)5-10(11)7-2-8(13)4-9(14)3-7/h2-6H,1H3. The summed E-state index contributed by atoms with van der Waals surface area (Å²) in [6, 6.07) is 6.26. The minimum absolute atomic E-state index is 0.463. The zero-order valence-electron chi connectivity index (χ0n) is 8.88. The summed E-state index contributed by atoms with van der Waals surface area (Å²) in [5.74, 6) is -0.123. The van der Waals surface area contributed by atoms with Crippen molar-refractivity contribution in [1.82, 2.24) is 4.98 Å². The highest BCUT2D eigenvalue weighted by molar-refractivity contribution is 6.35. The van der Waals surface area contributed by atoms with E-state index in [1.807, 2.05) is 0 Å². The second-order valence-electron chi connectivity index (χ2n) is 3.37. The van der Waals surface area contributed by atoms with Crippen molar-refractivity contribution >= 4 is 23.2 Å². The van der Waals surface area contributed by atoms with Crippen molar-refractivity contribution in [1.29, 1.82) is 0 Å². The minimum Gasteiger partial charge on any atom is -0.494 e. The molecule has 0 aliphatic rings. The molecule has 2 nitrogen and oxygen atoms in total. The third kappa shape index (κ3) is 2.68. The number of pyridine rings is 1. The van der Waals surface area contributed by atoms with Crippen LogP contribution in [0.3, 0.4) is 0 Å². The Morgan fingerprint density at radius 2 is 1.76 bits per heavy atom. The van der Waals surface area contributed by atoms with Crippen LogP contribution in [-0.2, 0) is 0 Å². The van der Waals surface area contributed by atoms with Gasteiger partial charge in [0, 0.05) is 21.7 Å². The van der Waals surface area contributed by atoms with Gasteiger partial charge in [-0.2, -0.15) is 4.39 Å². The molecule has 0 saturated heterocycles. The molecule has 1 aromatic heterocycles. The normalized spacial score (nSPS) is 10.4. The van der Waals surface area contributed by atoms with E-state index in [0.717, 1.165) is 0 Å². The average Bonchev–Trinajstić information content (AvgIpc) is 2.27. The van der Waals surface area contributed by atoms with E-state index in [1.54, 1.807) is 18.2 Å². The molecule has 5 heteroatoms. The van der Waals surface area contributed by atoms with Crippen molar-refractivity contribution in [3.63, 3.8) is 0 Å². The van der Waals surface area contributed by atoms with Gasteiger partial charge >= 0.3 is 0 Å². The fraction of sp³-hybridized carbons (Fsp3) is 0.0833. The smallest absolute Gasteiger partial charge is 0.213 e. The first-order valence-electron chi connectivity index (χ1n) is 4.76. The van der Waals surface area contributed by atoms with Crippen LogP contribution in [0.1, 0.15) is 0 Å². The van der Waals surface area contributed by atoms with Crippen LogP contribution in [0.2, 0.25) is 10.0 Å². The Balaban J connectivity index is 2.62. The maximum absolute atomic E-state index is 13.1. The molecule has 0 radical (unpaired) electrons. The van der Waals surface area contributed by atoms with Crippen molar-refractivity contribution in [2.24, 2.45) is 0 Å².